The summed E-state index contributed by atoms with van der Waals surface area (Å²) in [5.41, 5.74) is 0.702. The summed E-state index contributed by atoms with van der Waals surface area (Å²) < 4.78 is 13.1. The average Bonchev–Trinajstić information content (AvgIpc) is 3.17. The Labute approximate surface area is 158 Å². The third kappa shape index (κ3) is 5.00. The summed E-state index contributed by atoms with van der Waals surface area (Å²) >= 11 is 1.80. The van der Waals surface area contributed by atoms with E-state index in [9.17, 15) is 9.18 Å². The number of hydrogen-bond acceptors (Lipinski definition) is 4. The molecule has 1 saturated heterocycles. The van der Waals surface area contributed by atoms with Crippen molar-refractivity contribution in [1.82, 2.24) is 9.80 Å². The van der Waals surface area contributed by atoms with Crippen molar-refractivity contribution in [3.8, 4) is 0 Å². The van der Waals surface area contributed by atoms with Crippen LogP contribution in [0.3, 0.4) is 0 Å². The zero-order chi connectivity index (χ0) is 18.4. The van der Waals surface area contributed by atoms with Crippen LogP contribution in [0.25, 0.3) is 0 Å². The molecular weight excluding hydrogens is 349 g/mol. The Hall–Kier alpha value is -2.02. The van der Waals surface area contributed by atoms with Crippen LogP contribution in [-0.2, 0) is 11.3 Å². The van der Waals surface area contributed by atoms with Crippen molar-refractivity contribution < 1.29 is 9.18 Å². The van der Waals surface area contributed by atoms with E-state index in [1.165, 1.54) is 23.1 Å². The monoisotopic (exact) mass is 373 g/mol. The van der Waals surface area contributed by atoms with Gasteiger partial charge in [-0.05, 0) is 41.8 Å². The Bertz CT molecular complexity index is 709. The molecule has 0 saturated carbocycles. The van der Waals surface area contributed by atoms with Gasteiger partial charge >= 0.3 is 0 Å². The van der Waals surface area contributed by atoms with Gasteiger partial charge in [-0.3, -0.25) is 14.6 Å². The van der Waals surface area contributed by atoms with Crippen molar-refractivity contribution in [1.29, 1.82) is 0 Å². The van der Waals surface area contributed by atoms with Crippen LogP contribution in [0.4, 0.5) is 10.1 Å². The van der Waals surface area contributed by atoms with Crippen molar-refractivity contribution in [2.75, 3.05) is 44.2 Å². The fourth-order valence-electron chi connectivity index (χ4n) is 3.13. The summed E-state index contributed by atoms with van der Waals surface area (Å²) in [5.74, 6) is -0.463. The lowest BCUT2D eigenvalue weighted by Crippen LogP contribution is -2.48. The predicted octanol–water partition coefficient (Wildman–Crippen LogP) is 3.22. The molecule has 0 aliphatic carbocycles. The number of carbonyl (C=O) groups excluding carboxylic acids is 1. The number of amides is 1. The van der Waals surface area contributed by atoms with Crippen LogP contribution in [0.1, 0.15) is 4.88 Å². The Kier molecular flexibility index (Phi) is 6.55. The smallest absolute Gasteiger partial charge is 0.250 e. The average molecular weight is 373 g/mol. The number of hydrogen-bond donors (Lipinski definition) is 0. The van der Waals surface area contributed by atoms with Gasteiger partial charge in [0.05, 0.1) is 0 Å². The van der Waals surface area contributed by atoms with E-state index in [0.29, 0.717) is 12.2 Å². The Balaban J connectivity index is 1.51. The van der Waals surface area contributed by atoms with Gasteiger partial charge in [-0.1, -0.05) is 12.6 Å². The molecule has 3 rings (SSSR count). The van der Waals surface area contributed by atoms with Crippen molar-refractivity contribution in [3.05, 3.63) is 65.1 Å². The minimum atomic E-state index is -0.304. The van der Waals surface area contributed by atoms with Crippen LogP contribution in [-0.4, -0.2) is 55.0 Å². The van der Waals surface area contributed by atoms with E-state index in [-0.39, 0.29) is 11.7 Å². The SMILES string of the molecule is C=CC(=O)N(CCN1CCN(Cc2cccs2)CC1)c1ccc(F)cc1. The van der Waals surface area contributed by atoms with Gasteiger partial charge in [-0.2, -0.15) is 0 Å². The zero-order valence-corrected chi connectivity index (χ0v) is 15.6. The number of anilines is 1. The van der Waals surface area contributed by atoms with Gasteiger partial charge < -0.3 is 4.90 Å². The van der Waals surface area contributed by atoms with E-state index >= 15 is 0 Å². The molecule has 0 bridgehead atoms. The van der Waals surface area contributed by atoms with Gasteiger partial charge in [0.15, 0.2) is 0 Å². The Morgan fingerprint density at radius 2 is 1.85 bits per heavy atom. The maximum Gasteiger partial charge on any atom is 0.250 e. The molecule has 26 heavy (non-hydrogen) atoms. The van der Waals surface area contributed by atoms with Gasteiger partial charge in [-0.25, -0.2) is 4.39 Å². The number of carbonyl (C=O) groups is 1. The highest BCUT2D eigenvalue weighted by Gasteiger charge is 2.19. The van der Waals surface area contributed by atoms with Crippen molar-refractivity contribution in [3.63, 3.8) is 0 Å². The van der Waals surface area contributed by atoms with Gasteiger partial charge in [0.25, 0.3) is 0 Å². The number of piperazine rings is 1. The van der Waals surface area contributed by atoms with Crippen LogP contribution in [0.2, 0.25) is 0 Å². The summed E-state index contributed by atoms with van der Waals surface area (Å²) in [6, 6.07) is 10.3. The molecule has 2 aromatic rings. The second-order valence-corrected chi connectivity index (χ2v) is 7.40. The highest BCUT2D eigenvalue weighted by atomic mass is 32.1. The second kappa shape index (κ2) is 9.07. The van der Waals surface area contributed by atoms with Crippen molar-refractivity contribution >= 4 is 22.9 Å². The van der Waals surface area contributed by atoms with Gasteiger partial charge in [-0.15, -0.1) is 11.3 Å². The summed E-state index contributed by atoms with van der Waals surface area (Å²) in [5, 5.41) is 2.12. The molecule has 1 aromatic heterocycles. The second-order valence-electron chi connectivity index (χ2n) is 6.37. The molecule has 1 aliphatic heterocycles. The summed E-state index contributed by atoms with van der Waals surface area (Å²) in [7, 11) is 0. The van der Waals surface area contributed by atoms with E-state index < -0.39 is 0 Å². The van der Waals surface area contributed by atoms with Crippen LogP contribution >= 0.6 is 11.3 Å². The van der Waals surface area contributed by atoms with E-state index in [2.05, 4.69) is 33.9 Å². The zero-order valence-electron chi connectivity index (χ0n) is 14.8. The Morgan fingerprint density at radius 1 is 1.15 bits per heavy atom. The molecule has 0 unspecified atom stereocenters. The molecule has 2 heterocycles. The van der Waals surface area contributed by atoms with Crippen LogP contribution in [0.15, 0.2) is 54.4 Å². The van der Waals surface area contributed by atoms with Gasteiger partial charge in [0, 0.05) is 56.4 Å². The van der Waals surface area contributed by atoms with Crippen LogP contribution in [0, 0.1) is 5.82 Å². The fourth-order valence-corrected chi connectivity index (χ4v) is 3.88. The summed E-state index contributed by atoms with van der Waals surface area (Å²) in [4.78, 5) is 20.1. The molecule has 0 radical (unpaired) electrons. The van der Waals surface area contributed by atoms with E-state index in [4.69, 9.17) is 0 Å². The lowest BCUT2D eigenvalue weighted by atomic mass is 10.2. The molecule has 1 aromatic carbocycles. The topological polar surface area (TPSA) is 26.8 Å². The highest BCUT2D eigenvalue weighted by Crippen LogP contribution is 2.17. The predicted molar refractivity (Wildman–Crippen MR) is 105 cm³/mol. The lowest BCUT2D eigenvalue weighted by Gasteiger charge is -2.35. The van der Waals surface area contributed by atoms with Crippen LogP contribution < -0.4 is 4.90 Å². The molecule has 4 nitrogen and oxygen atoms in total. The third-order valence-corrected chi connectivity index (χ3v) is 5.50. The minimum Gasteiger partial charge on any atom is -0.308 e. The normalized spacial score (nSPS) is 15.7. The highest BCUT2D eigenvalue weighted by molar-refractivity contribution is 7.09. The minimum absolute atomic E-state index is 0.159. The summed E-state index contributed by atoms with van der Waals surface area (Å²) in [6.45, 7) is 10.0. The molecule has 0 atom stereocenters. The first-order valence-electron chi connectivity index (χ1n) is 8.82. The molecule has 1 amide bonds. The van der Waals surface area contributed by atoms with Gasteiger partial charge in [0.2, 0.25) is 5.91 Å². The first kappa shape index (κ1) is 18.8. The fraction of sp³-hybridized carbons (Fsp3) is 0.350. The quantitative estimate of drug-likeness (QED) is 0.697. The summed E-state index contributed by atoms with van der Waals surface area (Å²) in [6.07, 6.45) is 1.31. The largest absolute Gasteiger partial charge is 0.308 e. The number of rotatable bonds is 7. The van der Waals surface area contributed by atoms with Crippen LogP contribution in [0.5, 0.6) is 0 Å². The molecule has 1 fully saturated rings. The Morgan fingerprint density at radius 3 is 2.46 bits per heavy atom. The number of benzene rings is 1. The maximum atomic E-state index is 13.1. The molecule has 0 spiro atoms. The molecule has 0 N–H and O–H groups in total. The molecule has 6 heteroatoms. The molecule has 138 valence electrons. The standard InChI is InChI=1S/C20H24FN3OS/c1-2-20(25)24(18-7-5-17(21)6-8-18)14-13-22-9-11-23(12-10-22)16-19-4-3-15-26-19/h2-8,15H,1,9-14,16H2. The molecule has 1 aliphatic rings. The number of nitrogens with zero attached hydrogens (tertiary/aromatic N) is 3. The first-order chi connectivity index (χ1) is 12.7. The third-order valence-electron chi connectivity index (χ3n) is 4.64. The lowest BCUT2D eigenvalue weighted by molar-refractivity contribution is -0.114. The number of thiophene rings is 1. The maximum absolute atomic E-state index is 13.1. The number of halogens is 1. The molecular formula is C20H24FN3OS. The van der Waals surface area contributed by atoms with Gasteiger partial charge in [0.1, 0.15) is 5.82 Å². The van der Waals surface area contributed by atoms with E-state index in [1.807, 2.05) is 0 Å². The first-order valence-corrected chi connectivity index (χ1v) is 9.70. The van der Waals surface area contributed by atoms with E-state index in [0.717, 1.165) is 39.3 Å². The van der Waals surface area contributed by atoms with Crippen molar-refractivity contribution in [2.45, 2.75) is 6.54 Å². The van der Waals surface area contributed by atoms with E-state index in [1.54, 1.807) is 28.4 Å². The van der Waals surface area contributed by atoms with Crippen molar-refractivity contribution in [2.24, 2.45) is 0 Å².